The third kappa shape index (κ3) is 1.04. The van der Waals surface area contributed by atoms with Gasteiger partial charge in [0.1, 0.15) is 0 Å². The maximum atomic E-state index is 10.1. The highest BCUT2D eigenvalue weighted by Crippen LogP contribution is 1.80. The Morgan fingerprint density at radius 1 is 1.71 bits per heavy atom. The fourth-order valence-electron chi connectivity index (χ4n) is 0.235. The molecule has 7 heavy (non-hydrogen) atoms. The van der Waals surface area contributed by atoms with Gasteiger partial charge in [-0.2, -0.15) is 0 Å². The van der Waals surface area contributed by atoms with Crippen molar-refractivity contribution in [1.29, 1.82) is 0 Å². The van der Waals surface area contributed by atoms with Gasteiger partial charge in [-0.05, 0) is 0 Å². The molecule has 0 saturated carbocycles. The van der Waals surface area contributed by atoms with Crippen molar-refractivity contribution in [2.24, 2.45) is 0 Å². The summed E-state index contributed by atoms with van der Waals surface area (Å²) >= 11 is 1.38. The van der Waals surface area contributed by atoms with Crippen LogP contribution in [-0.2, 0) is 0 Å². The van der Waals surface area contributed by atoms with Crippen LogP contribution in [0.15, 0.2) is 17.1 Å². The molecule has 36 valence electrons. The van der Waals surface area contributed by atoms with Gasteiger partial charge >= 0.3 is 0 Å². The third-order valence-electron chi connectivity index (χ3n) is 0.489. The van der Waals surface area contributed by atoms with Gasteiger partial charge in [0.25, 0.3) is 6.20 Å². The van der Waals surface area contributed by atoms with Gasteiger partial charge in [-0.3, -0.25) is 0 Å². The molecule has 0 saturated heterocycles. The molecule has 0 aliphatic carbocycles. The van der Waals surface area contributed by atoms with Crippen LogP contribution in [0.25, 0.3) is 0 Å². The fourth-order valence-corrected chi connectivity index (χ4v) is 0.627. The van der Waals surface area contributed by atoms with E-state index in [4.69, 9.17) is 0 Å². The highest BCUT2D eigenvalue weighted by atomic mass is 32.1. The van der Waals surface area contributed by atoms with Gasteiger partial charge in [0.05, 0.1) is 15.4 Å². The Labute approximate surface area is 43.8 Å². The Balaban J connectivity index is 3.28. The average molecular weight is 115 g/mol. The summed E-state index contributed by atoms with van der Waals surface area (Å²) in [5.41, 5.74) is 1.48. The molecule has 3 nitrogen and oxygen atoms in total. The lowest BCUT2D eigenvalue weighted by Gasteiger charge is -1.59. The molecule has 4 heteroatoms. The lowest BCUT2D eigenvalue weighted by molar-refractivity contribution is -0.563. The van der Waals surface area contributed by atoms with Crippen LogP contribution >= 0.6 is 11.3 Å². The van der Waals surface area contributed by atoms with Gasteiger partial charge in [0.2, 0.25) is 0 Å². The molecular formula is C3H3N2OS+. The van der Waals surface area contributed by atoms with Gasteiger partial charge in [0, 0.05) is 0 Å². The predicted molar refractivity (Wildman–Crippen MR) is 25.5 cm³/mol. The van der Waals surface area contributed by atoms with Gasteiger partial charge in [-0.1, -0.05) is 0 Å². The van der Waals surface area contributed by atoms with Crippen molar-refractivity contribution in [1.82, 2.24) is 5.10 Å². The summed E-state index contributed by atoms with van der Waals surface area (Å²) in [6.45, 7) is 0. The number of hydrogen-bond acceptors (Lipinski definition) is 3. The fraction of sp³-hybridized carbons (Fsp3) is 0. The SMILES string of the molecule is O=[n+]1ccscn1. The summed E-state index contributed by atoms with van der Waals surface area (Å²) in [5.74, 6) is 0. The average Bonchev–Trinajstić information content (AvgIpc) is 1.69. The van der Waals surface area contributed by atoms with E-state index in [1.54, 1.807) is 5.38 Å². The third-order valence-corrected chi connectivity index (χ3v) is 0.984. The van der Waals surface area contributed by atoms with Crippen LogP contribution in [0.5, 0.6) is 0 Å². The van der Waals surface area contributed by atoms with Gasteiger partial charge in [-0.15, -0.1) is 11.3 Å². The highest BCUT2D eigenvalue weighted by molar-refractivity contribution is 7.07. The molecule has 0 unspecified atom stereocenters. The molecule has 1 aromatic rings. The second-order valence-electron chi connectivity index (χ2n) is 0.945. The molecule has 0 aromatic carbocycles. The van der Waals surface area contributed by atoms with Crippen molar-refractivity contribution in [2.45, 2.75) is 0 Å². The van der Waals surface area contributed by atoms with Crippen molar-refractivity contribution in [2.75, 3.05) is 0 Å². The van der Waals surface area contributed by atoms with E-state index < -0.39 is 0 Å². The Bertz CT molecular complexity index is 179. The van der Waals surface area contributed by atoms with E-state index in [0.29, 0.717) is 4.54 Å². The molecule has 0 aliphatic heterocycles. The lowest BCUT2D eigenvalue weighted by Crippen LogP contribution is -2.15. The predicted octanol–water partition coefficient (Wildman–Crippen LogP) is 0.0576. The summed E-state index contributed by atoms with van der Waals surface area (Å²) < 4.78 is 0.510. The van der Waals surface area contributed by atoms with Gasteiger partial charge in [0.15, 0.2) is 10.1 Å². The molecule has 0 amide bonds. The molecule has 1 aromatic heterocycles. The minimum absolute atomic E-state index is 0.510. The first-order chi connectivity index (χ1) is 3.39. The van der Waals surface area contributed by atoms with Gasteiger partial charge < -0.3 is 0 Å². The quantitative estimate of drug-likeness (QED) is 0.448. The standard InChI is InChI=1S/C3H3N2OS/c6-5-1-2-7-3-4-5/h1-3H/q+1. The van der Waals surface area contributed by atoms with E-state index in [-0.39, 0.29) is 0 Å². The van der Waals surface area contributed by atoms with E-state index in [0.717, 1.165) is 0 Å². The van der Waals surface area contributed by atoms with E-state index >= 15 is 0 Å². The van der Waals surface area contributed by atoms with Crippen LogP contribution in [0, 0.1) is 4.91 Å². The Morgan fingerprint density at radius 3 is 2.86 bits per heavy atom. The molecule has 0 radical (unpaired) electrons. The maximum Gasteiger partial charge on any atom is 0.269 e. The van der Waals surface area contributed by atoms with Crippen molar-refractivity contribution < 1.29 is 4.54 Å². The van der Waals surface area contributed by atoms with Crippen LogP contribution in [0.3, 0.4) is 0 Å². The zero-order valence-electron chi connectivity index (χ0n) is 3.44. The summed E-state index contributed by atoms with van der Waals surface area (Å²) in [6.07, 6.45) is 1.35. The number of aromatic nitrogens is 2. The first-order valence-corrected chi connectivity index (χ1v) is 2.65. The first kappa shape index (κ1) is 4.39. The van der Waals surface area contributed by atoms with E-state index in [9.17, 15) is 4.91 Å². The summed E-state index contributed by atoms with van der Waals surface area (Å²) in [6, 6.07) is 0. The van der Waals surface area contributed by atoms with Crippen LogP contribution in [0.1, 0.15) is 0 Å². The lowest BCUT2D eigenvalue weighted by atomic mass is 11.0. The molecule has 0 fully saturated rings. The van der Waals surface area contributed by atoms with Crippen molar-refractivity contribution >= 4 is 11.3 Å². The molecule has 0 atom stereocenters. The van der Waals surface area contributed by atoms with Crippen LogP contribution < -0.4 is 4.54 Å². The smallest absolute Gasteiger partial charge is 0.120 e. The minimum atomic E-state index is 0.510. The summed E-state index contributed by atoms with van der Waals surface area (Å²) in [5, 5.41) is 5.03. The van der Waals surface area contributed by atoms with Crippen LogP contribution in [-0.4, -0.2) is 5.10 Å². The normalized spacial score (nSPS) is 8.57. The zero-order valence-corrected chi connectivity index (χ0v) is 4.26. The van der Waals surface area contributed by atoms with E-state index in [2.05, 4.69) is 5.10 Å². The van der Waals surface area contributed by atoms with E-state index in [1.807, 2.05) is 0 Å². The molecule has 0 spiro atoms. The number of rotatable bonds is 0. The molecule has 0 N–H and O–H groups in total. The van der Waals surface area contributed by atoms with Crippen molar-refractivity contribution in [3.63, 3.8) is 0 Å². The number of hydrogen-bond donors (Lipinski definition) is 0. The van der Waals surface area contributed by atoms with Crippen molar-refractivity contribution in [3.8, 4) is 0 Å². The largest absolute Gasteiger partial charge is 0.269 e. The van der Waals surface area contributed by atoms with Crippen LogP contribution in [0.4, 0.5) is 0 Å². The minimum Gasteiger partial charge on any atom is -0.120 e. The summed E-state index contributed by atoms with van der Waals surface area (Å²) in [7, 11) is 0. The Hall–Kier alpha value is -0.770. The summed E-state index contributed by atoms with van der Waals surface area (Å²) in [4.78, 5) is 10.1. The topological polar surface area (TPSA) is 35.9 Å². The zero-order chi connectivity index (χ0) is 5.11. The Kier molecular flexibility index (Phi) is 1.12. The van der Waals surface area contributed by atoms with Gasteiger partial charge in [-0.25, -0.2) is 0 Å². The van der Waals surface area contributed by atoms with Crippen molar-refractivity contribution in [3.05, 3.63) is 22.0 Å². The number of nitrogens with zero attached hydrogens (tertiary/aromatic N) is 2. The molecule has 0 bridgehead atoms. The van der Waals surface area contributed by atoms with Crippen LogP contribution in [0.2, 0.25) is 0 Å². The second kappa shape index (κ2) is 1.79. The Morgan fingerprint density at radius 2 is 2.57 bits per heavy atom. The first-order valence-electron chi connectivity index (χ1n) is 1.70. The molecular weight excluding hydrogens is 112 g/mol. The maximum absolute atomic E-state index is 10.1. The van der Waals surface area contributed by atoms with E-state index in [1.165, 1.54) is 23.0 Å². The molecule has 1 rings (SSSR count). The second-order valence-corrected chi connectivity index (χ2v) is 1.70. The monoisotopic (exact) mass is 115 g/mol. The molecule has 0 aliphatic rings. The molecule has 1 heterocycles. The highest BCUT2D eigenvalue weighted by Gasteiger charge is 1.82.